The minimum absolute atomic E-state index is 0.125. The molecular formula is C19H14BrFN2O2. The Morgan fingerprint density at radius 2 is 1.80 bits per heavy atom. The number of hydrogen-bond donors (Lipinski definition) is 1. The van der Waals surface area contributed by atoms with Crippen LogP contribution in [0.4, 0.5) is 4.39 Å². The molecule has 3 aromatic rings. The summed E-state index contributed by atoms with van der Waals surface area (Å²) in [4.78, 5) is 11.8. The van der Waals surface area contributed by atoms with E-state index >= 15 is 0 Å². The minimum Gasteiger partial charge on any atom is -0.455 e. The molecule has 1 amide bonds. The normalized spacial score (nSPS) is 11.0. The maximum absolute atomic E-state index is 12.8. The zero-order valence-corrected chi connectivity index (χ0v) is 14.7. The van der Waals surface area contributed by atoms with Gasteiger partial charge in [0.2, 0.25) is 5.91 Å². The van der Waals surface area contributed by atoms with Crippen molar-refractivity contribution < 1.29 is 13.6 Å². The average molecular weight is 401 g/mol. The third-order valence-corrected chi connectivity index (χ3v) is 3.94. The standard InChI is InChI=1S/C19H14BrFN2O2/c20-15-5-3-14(4-6-15)18-10-9-17(25-18)12-22-23-19(24)11-13-1-7-16(21)8-2-13/h1-10,12H,11H2,(H,23,24)/b22-12-. The van der Waals surface area contributed by atoms with E-state index in [0.717, 1.165) is 10.0 Å². The van der Waals surface area contributed by atoms with Crippen molar-refractivity contribution in [3.05, 3.63) is 82.3 Å². The Morgan fingerprint density at radius 3 is 2.52 bits per heavy atom. The molecule has 1 heterocycles. The van der Waals surface area contributed by atoms with Crippen LogP contribution in [-0.4, -0.2) is 12.1 Å². The van der Waals surface area contributed by atoms with Crippen LogP contribution in [0.3, 0.4) is 0 Å². The molecule has 0 aliphatic heterocycles. The molecule has 1 N–H and O–H groups in total. The lowest BCUT2D eigenvalue weighted by molar-refractivity contribution is -0.120. The highest BCUT2D eigenvalue weighted by Gasteiger charge is 2.04. The van der Waals surface area contributed by atoms with Gasteiger partial charge in [0, 0.05) is 10.0 Å². The van der Waals surface area contributed by atoms with Crippen LogP contribution in [0.15, 0.2) is 74.7 Å². The first-order valence-corrected chi connectivity index (χ1v) is 8.31. The van der Waals surface area contributed by atoms with E-state index in [9.17, 15) is 9.18 Å². The van der Waals surface area contributed by atoms with Gasteiger partial charge in [0.1, 0.15) is 17.3 Å². The Kier molecular flexibility index (Phi) is 5.40. The molecular weight excluding hydrogens is 387 g/mol. The topological polar surface area (TPSA) is 54.6 Å². The van der Waals surface area contributed by atoms with Crippen molar-refractivity contribution in [2.45, 2.75) is 6.42 Å². The highest BCUT2D eigenvalue weighted by atomic mass is 79.9. The minimum atomic E-state index is -0.332. The van der Waals surface area contributed by atoms with E-state index < -0.39 is 0 Å². The molecule has 0 aliphatic rings. The van der Waals surface area contributed by atoms with Gasteiger partial charge in [-0.2, -0.15) is 5.10 Å². The number of benzene rings is 2. The predicted molar refractivity (Wildman–Crippen MR) is 97.7 cm³/mol. The van der Waals surface area contributed by atoms with Gasteiger partial charge in [-0.3, -0.25) is 4.79 Å². The quantitative estimate of drug-likeness (QED) is 0.504. The van der Waals surface area contributed by atoms with Gasteiger partial charge in [-0.1, -0.05) is 40.2 Å². The molecule has 6 heteroatoms. The van der Waals surface area contributed by atoms with Gasteiger partial charge >= 0.3 is 0 Å². The maximum atomic E-state index is 12.8. The Morgan fingerprint density at radius 1 is 1.08 bits per heavy atom. The number of halogens is 2. The number of carbonyl (C=O) groups is 1. The van der Waals surface area contributed by atoms with Crippen LogP contribution < -0.4 is 5.43 Å². The summed E-state index contributed by atoms with van der Waals surface area (Å²) < 4.78 is 19.5. The number of amides is 1. The first-order chi connectivity index (χ1) is 12.1. The lowest BCUT2D eigenvalue weighted by Crippen LogP contribution is -2.19. The van der Waals surface area contributed by atoms with Gasteiger partial charge in [0.15, 0.2) is 0 Å². The lowest BCUT2D eigenvalue weighted by Gasteiger charge is -2.00. The summed E-state index contributed by atoms with van der Waals surface area (Å²) in [5, 5.41) is 3.88. The van der Waals surface area contributed by atoms with Crippen molar-refractivity contribution in [3.8, 4) is 11.3 Å². The lowest BCUT2D eigenvalue weighted by atomic mass is 10.1. The molecule has 0 radical (unpaired) electrons. The van der Waals surface area contributed by atoms with Crippen molar-refractivity contribution in [2.75, 3.05) is 0 Å². The Bertz CT molecular complexity index is 887. The van der Waals surface area contributed by atoms with Gasteiger partial charge in [-0.05, 0) is 42.0 Å². The van der Waals surface area contributed by atoms with E-state index in [1.807, 2.05) is 30.3 Å². The van der Waals surface area contributed by atoms with Gasteiger partial charge in [-0.25, -0.2) is 9.82 Å². The van der Waals surface area contributed by atoms with Crippen LogP contribution in [0.25, 0.3) is 11.3 Å². The second kappa shape index (κ2) is 7.90. The van der Waals surface area contributed by atoms with E-state index in [2.05, 4.69) is 26.5 Å². The van der Waals surface area contributed by atoms with Crippen molar-refractivity contribution in [3.63, 3.8) is 0 Å². The molecule has 2 aromatic carbocycles. The molecule has 0 atom stereocenters. The maximum Gasteiger partial charge on any atom is 0.244 e. The summed E-state index contributed by atoms with van der Waals surface area (Å²) in [7, 11) is 0. The molecule has 0 unspecified atom stereocenters. The highest BCUT2D eigenvalue weighted by Crippen LogP contribution is 2.23. The average Bonchev–Trinajstić information content (AvgIpc) is 3.06. The van der Waals surface area contributed by atoms with E-state index in [-0.39, 0.29) is 18.1 Å². The predicted octanol–water partition coefficient (Wildman–Crippen LogP) is 4.54. The van der Waals surface area contributed by atoms with Crippen LogP contribution in [-0.2, 0) is 11.2 Å². The molecule has 126 valence electrons. The molecule has 4 nitrogen and oxygen atoms in total. The van der Waals surface area contributed by atoms with Crippen molar-refractivity contribution in [1.82, 2.24) is 5.43 Å². The number of rotatable bonds is 5. The number of carbonyl (C=O) groups excluding carboxylic acids is 1. The molecule has 0 fully saturated rings. The molecule has 0 saturated heterocycles. The molecule has 0 saturated carbocycles. The zero-order valence-electron chi connectivity index (χ0n) is 13.1. The van der Waals surface area contributed by atoms with Gasteiger partial charge < -0.3 is 4.42 Å². The fourth-order valence-corrected chi connectivity index (χ4v) is 2.45. The molecule has 0 bridgehead atoms. The largest absolute Gasteiger partial charge is 0.455 e. The monoisotopic (exact) mass is 400 g/mol. The Hall–Kier alpha value is -2.73. The summed E-state index contributed by atoms with van der Waals surface area (Å²) in [6.07, 6.45) is 1.56. The fraction of sp³-hybridized carbons (Fsp3) is 0.0526. The van der Waals surface area contributed by atoms with E-state index in [4.69, 9.17) is 4.42 Å². The number of hydrazone groups is 1. The second-order valence-corrected chi connectivity index (χ2v) is 6.22. The molecule has 0 spiro atoms. The first-order valence-electron chi connectivity index (χ1n) is 7.52. The van der Waals surface area contributed by atoms with Gasteiger partial charge in [-0.15, -0.1) is 0 Å². The van der Waals surface area contributed by atoms with E-state index in [0.29, 0.717) is 17.1 Å². The molecule has 1 aromatic heterocycles. The summed E-state index contributed by atoms with van der Waals surface area (Å²) in [5.41, 5.74) is 4.08. The number of furan rings is 1. The highest BCUT2D eigenvalue weighted by molar-refractivity contribution is 9.10. The third-order valence-electron chi connectivity index (χ3n) is 3.41. The third kappa shape index (κ3) is 4.87. The van der Waals surface area contributed by atoms with Crippen LogP contribution in [0, 0.1) is 5.82 Å². The number of nitrogens with zero attached hydrogens (tertiary/aromatic N) is 1. The van der Waals surface area contributed by atoms with Crippen LogP contribution in [0.1, 0.15) is 11.3 Å². The van der Waals surface area contributed by atoms with E-state index in [1.165, 1.54) is 18.3 Å². The van der Waals surface area contributed by atoms with Gasteiger partial charge in [0.25, 0.3) is 0 Å². The Labute approximate surface area is 152 Å². The molecule has 3 rings (SSSR count). The zero-order chi connectivity index (χ0) is 17.6. The SMILES string of the molecule is O=C(Cc1ccc(F)cc1)N/N=C\c1ccc(-c2ccc(Br)cc2)o1. The number of hydrogen-bond acceptors (Lipinski definition) is 3. The first kappa shape index (κ1) is 17.1. The number of nitrogens with one attached hydrogen (secondary N) is 1. The van der Waals surface area contributed by atoms with Crippen molar-refractivity contribution in [1.29, 1.82) is 0 Å². The fourth-order valence-electron chi connectivity index (χ4n) is 2.19. The van der Waals surface area contributed by atoms with Crippen LogP contribution >= 0.6 is 15.9 Å². The molecule has 25 heavy (non-hydrogen) atoms. The summed E-state index contributed by atoms with van der Waals surface area (Å²) in [5.74, 6) is 0.621. The van der Waals surface area contributed by atoms with Crippen LogP contribution in [0.2, 0.25) is 0 Å². The van der Waals surface area contributed by atoms with Gasteiger partial charge in [0.05, 0.1) is 12.6 Å². The second-order valence-electron chi connectivity index (χ2n) is 5.31. The smallest absolute Gasteiger partial charge is 0.244 e. The molecule has 0 aliphatic carbocycles. The van der Waals surface area contributed by atoms with Crippen LogP contribution in [0.5, 0.6) is 0 Å². The summed E-state index contributed by atoms with van der Waals surface area (Å²) >= 11 is 3.39. The summed E-state index contributed by atoms with van der Waals surface area (Å²) in [6.45, 7) is 0. The Balaban J connectivity index is 1.56. The van der Waals surface area contributed by atoms with Crippen molar-refractivity contribution >= 4 is 28.1 Å². The van der Waals surface area contributed by atoms with E-state index in [1.54, 1.807) is 18.2 Å². The van der Waals surface area contributed by atoms with Crippen molar-refractivity contribution in [2.24, 2.45) is 5.10 Å². The summed E-state index contributed by atoms with van der Waals surface area (Å²) in [6, 6.07) is 17.1.